The molecule has 0 aliphatic carbocycles. The van der Waals surface area contributed by atoms with Gasteiger partial charge < -0.3 is 9.72 Å². The van der Waals surface area contributed by atoms with Gasteiger partial charge in [0.15, 0.2) is 0 Å². The third-order valence-corrected chi connectivity index (χ3v) is 1.29. The van der Waals surface area contributed by atoms with Crippen LogP contribution in [-0.4, -0.2) is 17.0 Å². The second kappa shape index (κ2) is 3.04. The molecule has 0 fully saturated rings. The van der Waals surface area contributed by atoms with Crippen molar-refractivity contribution in [3.05, 3.63) is 32.7 Å². The van der Waals surface area contributed by atoms with Gasteiger partial charge >= 0.3 is 11.2 Å². The van der Waals surface area contributed by atoms with Gasteiger partial charge in [0.05, 0.1) is 18.1 Å². The number of nitrogens with zero attached hydrogens (tertiary/aromatic N) is 1. The van der Waals surface area contributed by atoms with Gasteiger partial charge in [-0.3, -0.25) is 14.9 Å². The zero-order valence-corrected chi connectivity index (χ0v) is 6.23. The van der Waals surface area contributed by atoms with E-state index in [9.17, 15) is 14.9 Å². The Morgan fingerprint density at radius 3 is 2.83 bits per heavy atom. The van der Waals surface area contributed by atoms with Gasteiger partial charge in [-0.05, 0) is 0 Å². The van der Waals surface area contributed by atoms with E-state index in [1.54, 1.807) is 0 Å². The van der Waals surface area contributed by atoms with E-state index < -0.39 is 16.2 Å². The van der Waals surface area contributed by atoms with Gasteiger partial charge in [-0.2, -0.15) is 0 Å². The molecule has 0 unspecified atom stereocenters. The summed E-state index contributed by atoms with van der Waals surface area (Å²) in [5.41, 5.74) is -1.25. The smallest absolute Gasteiger partial charge is 0.337 e. The first-order valence-corrected chi connectivity index (χ1v) is 3.06. The number of ether oxygens (including phenoxy) is 1. The molecule has 6 nitrogen and oxygen atoms in total. The minimum absolute atomic E-state index is 0.251. The van der Waals surface area contributed by atoms with Crippen molar-refractivity contribution in [2.75, 3.05) is 7.11 Å². The molecule has 0 aromatic carbocycles. The third-order valence-electron chi connectivity index (χ3n) is 1.29. The van der Waals surface area contributed by atoms with Crippen molar-refractivity contribution < 1.29 is 9.66 Å². The molecule has 0 aliphatic heterocycles. The summed E-state index contributed by atoms with van der Waals surface area (Å²) in [6.45, 7) is 0. The lowest BCUT2D eigenvalue weighted by atomic mass is 10.4. The molecule has 1 rings (SSSR count). The average Bonchev–Trinajstić information content (AvgIpc) is 2.05. The average molecular weight is 170 g/mol. The van der Waals surface area contributed by atoms with E-state index in [1.807, 2.05) is 0 Å². The molecule has 0 saturated heterocycles. The Bertz CT molecular complexity index is 357. The maximum absolute atomic E-state index is 10.8. The van der Waals surface area contributed by atoms with Crippen LogP contribution in [0.4, 0.5) is 5.69 Å². The maximum atomic E-state index is 10.8. The first-order chi connectivity index (χ1) is 5.65. The van der Waals surface area contributed by atoms with Gasteiger partial charge in [0.2, 0.25) is 0 Å². The van der Waals surface area contributed by atoms with Gasteiger partial charge in [0, 0.05) is 6.20 Å². The summed E-state index contributed by atoms with van der Waals surface area (Å²) in [5, 5.41) is 10.2. The Kier molecular flexibility index (Phi) is 2.09. The molecule has 0 spiro atoms. The summed E-state index contributed by atoms with van der Waals surface area (Å²) in [6.07, 6.45) is 1.26. The molecule has 64 valence electrons. The minimum Gasteiger partial charge on any atom is -0.495 e. The quantitative estimate of drug-likeness (QED) is 0.510. The molecule has 0 radical (unpaired) electrons. The maximum Gasteiger partial charge on any atom is 0.337 e. The Hall–Kier alpha value is -1.85. The van der Waals surface area contributed by atoms with E-state index in [1.165, 1.54) is 13.3 Å². The van der Waals surface area contributed by atoms with Crippen LogP contribution in [0.2, 0.25) is 0 Å². The lowest BCUT2D eigenvalue weighted by molar-refractivity contribution is -0.386. The predicted molar refractivity (Wildman–Crippen MR) is 40.3 cm³/mol. The summed E-state index contributed by atoms with van der Waals surface area (Å²) in [5.74, 6) is 0.251. The standard InChI is InChI=1S/C6H6N2O4/c1-12-4-2-5(8(10)11)6(9)7-3-4/h2-3H,1H3,(H,7,9). The van der Waals surface area contributed by atoms with Crippen LogP contribution >= 0.6 is 0 Å². The molecule has 0 amide bonds. The number of nitrogens with one attached hydrogen (secondary N) is 1. The van der Waals surface area contributed by atoms with Gasteiger partial charge in [0.1, 0.15) is 5.75 Å². The van der Waals surface area contributed by atoms with Crippen LogP contribution in [-0.2, 0) is 0 Å². The van der Waals surface area contributed by atoms with Gasteiger partial charge in [-0.25, -0.2) is 0 Å². The molecular formula is C6H6N2O4. The van der Waals surface area contributed by atoms with Gasteiger partial charge in [-0.1, -0.05) is 0 Å². The van der Waals surface area contributed by atoms with Crippen molar-refractivity contribution in [2.24, 2.45) is 0 Å². The molecule has 0 atom stereocenters. The third kappa shape index (κ3) is 1.42. The number of nitro groups is 1. The van der Waals surface area contributed by atoms with Crippen LogP contribution in [0.25, 0.3) is 0 Å². The molecule has 6 heteroatoms. The van der Waals surface area contributed by atoms with Crippen LogP contribution in [0.15, 0.2) is 17.1 Å². The lowest BCUT2D eigenvalue weighted by Crippen LogP contribution is -2.10. The zero-order valence-electron chi connectivity index (χ0n) is 6.23. The number of H-pyrrole nitrogens is 1. The van der Waals surface area contributed by atoms with Crippen LogP contribution in [0, 0.1) is 10.1 Å². The van der Waals surface area contributed by atoms with E-state index in [2.05, 4.69) is 9.72 Å². The molecule has 0 saturated carbocycles. The number of aromatic nitrogens is 1. The monoisotopic (exact) mass is 170 g/mol. The highest BCUT2D eigenvalue weighted by Gasteiger charge is 2.12. The van der Waals surface area contributed by atoms with Crippen molar-refractivity contribution in [3.8, 4) is 5.75 Å². The van der Waals surface area contributed by atoms with Gasteiger partial charge in [-0.15, -0.1) is 0 Å². The van der Waals surface area contributed by atoms with Crippen LogP contribution in [0.1, 0.15) is 0 Å². The normalized spacial score (nSPS) is 9.42. The topological polar surface area (TPSA) is 85.2 Å². The number of pyridine rings is 1. The molecule has 12 heavy (non-hydrogen) atoms. The predicted octanol–water partition coefficient (Wildman–Crippen LogP) is 0.292. The largest absolute Gasteiger partial charge is 0.495 e. The summed E-state index contributed by atoms with van der Waals surface area (Å²) < 4.78 is 4.69. The fraction of sp³-hybridized carbons (Fsp3) is 0.167. The van der Waals surface area contributed by atoms with Crippen molar-refractivity contribution in [3.63, 3.8) is 0 Å². The first kappa shape index (κ1) is 8.25. The first-order valence-electron chi connectivity index (χ1n) is 3.06. The summed E-state index contributed by atoms with van der Waals surface area (Å²) in [7, 11) is 1.36. The number of hydrogen-bond acceptors (Lipinski definition) is 4. The number of methoxy groups -OCH3 is 1. The Morgan fingerprint density at radius 1 is 1.67 bits per heavy atom. The summed E-state index contributed by atoms with van der Waals surface area (Å²) in [6, 6.07) is 1.07. The highest BCUT2D eigenvalue weighted by Crippen LogP contribution is 2.11. The van der Waals surface area contributed by atoms with E-state index in [0.717, 1.165) is 6.07 Å². The van der Waals surface area contributed by atoms with Crippen LogP contribution < -0.4 is 10.3 Å². The SMILES string of the molecule is COc1c[nH]c(=O)c([N+](=O)[O-])c1. The fourth-order valence-corrected chi connectivity index (χ4v) is 0.706. The molecule has 1 aromatic heterocycles. The van der Waals surface area contributed by atoms with Gasteiger partial charge in [0.25, 0.3) is 0 Å². The van der Waals surface area contributed by atoms with E-state index in [4.69, 9.17) is 0 Å². The van der Waals surface area contributed by atoms with Crippen molar-refractivity contribution >= 4 is 5.69 Å². The highest BCUT2D eigenvalue weighted by molar-refractivity contribution is 5.33. The number of aromatic amines is 1. The minimum atomic E-state index is -0.763. The van der Waals surface area contributed by atoms with E-state index in [0.29, 0.717) is 0 Å². The van der Waals surface area contributed by atoms with Crippen LogP contribution in [0.5, 0.6) is 5.75 Å². The second-order valence-electron chi connectivity index (χ2n) is 2.01. The Morgan fingerprint density at radius 2 is 2.33 bits per heavy atom. The van der Waals surface area contributed by atoms with E-state index in [-0.39, 0.29) is 5.75 Å². The lowest BCUT2D eigenvalue weighted by Gasteiger charge is -1.96. The molecule has 1 N–H and O–H groups in total. The van der Waals surface area contributed by atoms with Crippen LogP contribution in [0.3, 0.4) is 0 Å². The highest BCUT2D eigenvalue weighted by atomic mass is 16.6. The molecule has 1 aromatic rings. The Labute approximate surface area is 66.9 Å². The second-order valence-corrected chi connectivity index (χ2v) is 2.01. The molecule has 1 heterocycles. The number of rotatable bonds is 2. The summed E-state index contributed by atoms with van der Waals surface area (Å²) in [4.78, 5) is 22.4. The molecule has 0 aliphatic rings. The van der Waals surface area contributed by atoms with Crippen molar-refractivity contribution in [2.45, 2.75) is 0 Å². The Balaban J connectivity index is 3.26. The fourth-order valence-electron chi connectivity index (χ4n) is 0.706. The summed E-state index contributed by atoms with van der Waals surface area (Å²) >= 11 is 0. The molecule has 0 bridgehead atoms. The number of hydrogen-bond donors (Lipinski definition) is 1. The van der Waals surface area contributed by atoms with Crippen molar-refractivity contribution in [1.29, 1.82) is 0 Å². The van der Waals surface area contributed by atoms with E-state index >= 15 is 0 Å². The van der Waals surface area contributed by atoms with Crippen molar-refractivity contribution in [1.82, 2.24) is 4.98 Å². The molecular weight excluding hydrogens is 164 g/mol. The zero-order chi connectivity index (χ0) is 9.14.